The predicted molar refractivity (Wildman–Crippen MR) is 117 cm³/mol. The van der Waals surface area contributed by atoms with Gasteiger partial charge in [0.2, 0.25) is 0 Å². The number of nitrogens with zero attached hydrogens (tertiary/aromatic N) is 1. The first-order chi connectivity index (χ1) is 15.0. The molecule has 0 atom stereocenters. The standard InChI is InChI=1S/C23H19ClN2O5/c1-29-21-13-16(7-12-20(21)31-23(28)17-5-3-2-4-6-17)14-25-26-22(27)15-30-19-10-8-18(24)9-11-19/h2-14H,15H2,1H3,(H,26,27). The first-order valence-corrected chi connectivity index (χ1v) is 9.58. The Bertz CT molecular complexity index is 1070. The quantitative estimate of drug-likeness (QED) is 0.248. The molecule has 31 heavy (non-hydrogen) atoms. The second kappa shape index (κ2) is 10.8. The fourth-order valence-electron chi connectivity index (χ4n) is 2.47. The van der Waals surface area contributed by atoms with E-state index < -0.39 is 11.9 Å². The van der Waals surface area contributed by atoms with E-state index in [2.05, 4.69) is 10.5 Å². The fraction of sp³-hybridized carbons (Fsp3) is 0.0870. The molecular weight excluding hydrogens is 420 g/mol. The van der Waals surface area contributed by atoms with Gasteiger partial charge in [-0.3, -0.25) is 4.79 Å². The van der Waals surface area contributed by atoms with Crippen LogP contribution in [0.3, 0.4) is 0 Å². The average molecular weight is 439 g/mol. The molecule has 3 aromatic carbocycles. The highest BCUT2D eigenvalue weighted by Crippen LogP contribution is 2.28. The first-order valence-electron chi connectivity index (χ1n) is 9.20. The number of hydrogen-bond acceptors (Lipinski definition) is 6. The number of rotatable bonds is 8. The molecule has 0 aliphatic rings. The molecule has 0 saturated heterocycles. The lowest BCUT2D eigenvalue weighted by Crippen LogP contribution is -2.24. The van der Waals surface area contributed by atoms with Gasteiger partial charge in [0.05, 0.1) is 18.9 Å². The number of halogens is 1. The van der Waals surface area contributed by atoms with Crippen molar-refractivity contribution in [2.24, 2.45) is 5.10 Å². The number of methoxy groups -OCH3 is 1. The van der Waals surface area contributed by atoms with Gasteiger partial charge in [-0.2, -0.15) is 5.10 Å². The van der Waals surface area contributed by atoms with Crippen LogP contribution in [0.25, 0.3) is 0 Å². The molecule has 1 amide bonds. The fourth-order valence-corrected chi connectivity index (χ4v) is 2.60. The Morgan fingerprint density at radius 3 is 2.45 bits per heavy atom. The number of ether oxygens (including phenoxy) is 3. The van der Waals surface area contributed by atoms with Gasteiger partial charge in [0.1, 0.15) is 5.75 Å². The Morgan fingerprint density at radius 1 is 1.00 bits per heavy atom. The molecule has 0 saturated carbocycles. The van der Waals surface area contributed by atoms with Gasteiger partial charge >= 0.3 is 5.97 Å². The van der Waals surface area contributed by atoms with Crippen molar-refractivity contribution in [2.75, 3.05) is 13.7 Å². The van der Waals surface area contributed by atoms with Crippen LogP contribution < -0.4 is 19.6 Å². The molecule has 0 unspecified atom stereocenters. The Balaban J connectivity index is 1.55. The molecule has 0 spiro atoms. The third kappa shape index (κ3) is 6.58. The molecule has 0 radical (unpaired) electrons. The SMILES string of the molecule is COc1cc(C=NNC(=O)COc2ccc(Cl)cc2)ccc1OC(=O)c1ccccc1. The van der Waals surface area contributed by atoms with Crippen molar-refractivity contribution in [1.29, 1.82) is 0 Å². The molecule has 158 valence electrons. The zero-order valence-electron chi connectivity index (χ0n) is 16.6. The van der Waals surface area contributed by atoms with Gasteiger partial charge in [0.25, 0.3) is 5.91 Å². The molecule has 0 fully saturated rings. The molecule has 3 rings (SSSR count). The third-order valence-corrected chi connectivity index (χ3v) is 4.24. The third-order valence-electron chi connectivity index (χ3n) is 3.99. The minimum absolute atomic E-state index is 0.198. The number of amides is 1. The van der Waals surface area contributed by atoms with Gasteiger partial charge < -0.3 is 14.2 Å². The van der Waals surface area contributed by atoms with E-state index in [1.807, 2.05) is 6.07 Å². The second-order valence-corrected chi connectivity index (χ2v) is 6.64. The van der Waals surface area contributed by atoms with Gasteiger partial charge in [-0.15, -0.1) is 0 Å². The van der Waals surface area contributed by atoms with Crippen LogP contribution in [0, 0.1) is 0 Å². The molecule has 0 aromatic heterocycles. The van der Waals surface area contributed by atoms with E-state index in [4.69, 9.17) is 25.8 Å². The highest BCUT2D eigenvalue weighted by Gasteiger charge is 2.12. The molecular formula is C23H19ClN2O5. The van der Waals surface area contributed by atoms with E-state index in [1.54, 1.807) is 66.7 Å². The molecule has 3 aromatic rings. The number of carbonyl (C=O) groups excluding carboxylic acids is 2. The Morgan fingerprint density at radius 2 is 1.74 bits per heavy atom. The topological polar surface area (TPSA) is 86.2 Å². The summed E-state index contributed by atoms with van der Waals surface area (Å²) in [5.74, 6) is 0.230. The number of carbonyl (C=O) groups is 2. The Hall–Kier alpha value is -3.84. The van der Waals surface area contributed by atoms with Crippen LogP contribution in [0.5, 0.6) is 17.2 Å². The number of benzene rings is 3. The summed E-state index contributed by atoms with van der Waals surface area (Å²) in [5, 5.41) is 4.47. The van der Waals surface area contributed by atoms with Crippen LogP contribution in [0.4, 0.5) is 0 Å². The Kier molecular flexibility index (Phi) is 7.61. The lowest BCUT2D eigenvalue weighted by Gasteiger charge is -2.10. The van der Waals surface area contributed by atoms with Crippen molar-refractivity contribution in [3.8, 4) is 17.2 Å². The maximum atomic E-state index is 12.2. The molecule has 7 nitrogen and oxygen atoms in total. The summed E-state index contributed by atoms with van der Waals surface area (Å²) >= 11 is 5.80. The largest absolute Gasteiger partial charge is 0.493 e. The van der Waals surface area contributed by atoms with Crippen LogP contribution >= 0.6 is 11.6 Å². The van der Waals surface area contributed by atoms with Crippen molar-refractivity contribution in [3.63, 3.8) is 0 Å². The monoisotopic (exact) mass is 438 g/mol. The van der Waals surface area contributed by atoms with Gasteiger partial charge in [-0.1, -0.05) is 29.8 Å². The van der Waals surface area contributed by atoms with Gasteiger partial charge in [-0.25, -0.2) is 10.2 Å². The number of esters is 1. The van der Waals surface area contributed by atoms with Crippen molar-refractivity contribution >= 4 is 29.7 Å². The number of nitrogens with one attached hydrogen (secondary N) is 1. The zero-order valence-corrected chi connectivity index (χ0v) is 17.3. The Labute approximate surface area is 184 Å². The van der Waals surface area contributed by atoms with E-state index >= 15 is 0 Å². The summed E-state index contributed by atoms with van der Waals surface area (Å²) in [6.45, 7) is -0.198. The molecule has 0 bridgehead atoms. The number of hydrogen-bond donors (Lipinski definition) is 1. The zero-order chi connectivity index (χ0) is 22.1. The first kappa shape index (κ1) is 21.9. The van der Waals surface area contributed by atoms with Gasteiger partial charge in [0.15, 0.2) is 18.1 Å². The molecule has 0 heterocycles. The lowest BCUT2D eigenvalue weighted by molar-refractivity contribution is -0.123. The van der Waals surface area contributed by atoms with E-state index in [-0.39, 0.29) is 12.4 Å². The minimum atomic E-state index is -0.492. The van der Waals surface area contributed by atoms with E-state index in [0.29, 0.717) is 27.6 Å². The van der Waals surface area contributed by atoms with Crippen molar-refractivity contribution in [3.05, 3.63) is 88.9 Å². The molecule has 0 aliphatic carbocycles. The highest BCUT2D eigenvalue weighted by molar-refractivity contribution is 6.30. The summed E-state index contributed by atoms with van der Waals surface area (Å²) in [6.07, 6.45) is 1.44. The molecule has 1 N–H and O–H groups in total. The number of hydrazone groups is 1. The van der Waals surface area contributed by atoms with Crippen LogP contribution in [0.2, 0.25) is 5.02 Å². The summed E-state index contributed by atoms with van der Waals surface area (Å²) < 4.78 is 16.0. The van der Waals surface area contributed by atoms with Crippen molar-refractivity contribution in [1.82, 2.24) is 5.43 Å². The van der Waals surface area contributed by atoms with Crippen LogP contribution in [0.15, 0.2) is 77.9 Å². The van der Waals surface area contributed by atoms with Gasteiger partial charge in [-0.05, 0) is 60.2 Å². The van der Waals surface area contributed by atoms with Crippen LogP contribution in [-0.4, -0.2) is 31.8 Å². The highest BCUT2D eigenvalue weighted by atomic mass is 35.5. The average Bonchev–Trinajstić information content (AvgIpc) is 2.80. The molecule has 8 heteroatoms. The minimum Gasteiger partial charge on any atom is -0.493 e. The summed E-state index contributed by atoms with van der Waals surface area (Å²) in [5.41, 5.74) is 3.44. The van der Waals surface area contributed by atoms with Crippen molar-refractivity contribution < 1.29 is 23.8 Å². The summed E-state index contributed by atoms with van der Waals surface area (Å²) in [6, 6.07) is 20.2. The maximum absolute atomic E-state index is 12.2. The second-order valence-electron chi connectivity index (χ2n) is 6.20. The van der Waals surface area contributed by atoms with E-state index in [1.165, 1.54) is 13.3 Å². The predicted octanol–water partition coefficient (Wildman–Crippen LogP) is 4.10. The smallest absolute Gasteiger partial charge is 0.343 e. The van der Waals surface area contributed by atoms with Crippen LogP contribution in [0.1, 0.15) is 15.9 Å². The maximum Gasteiger partial charge on any atom is 0.343 e. The lowest BCUT2D eigenvalue weighted by atomic mass is 10.2. The normalized spacial score (nSPS) is 10.5. The van der Waals surface area contributed by atoms with Crippen molar-refractivity contribution in [2.45, 2.75) is 0 Å². The molecule has 0 aliphatic heterocycles. The van der Waals surface area contributed by atoms with Gasteiger partial charge in [0, 0.05) is 5.02 Å². The summed E-state index contributed by atoms with van der Waals surface area (Å²) in [7, 11) is 1.46. The van der Waals surface area contributed by atoms with Crippen LogP contribution in [-0.2, 0) is 4.79 Å². The van der Waals surface area contributed by atoms with E-state index in [9.17, 15) is 9.59 Å². The van der Waals surface area contributed by atoms with E-state index in [0.717, 1.165) is 0 Å². The summed E-state index contributed by atoms with van der Waals surface area (Å²) in [4.78, 5) is 24.1.